The van der Waals surface area contributed by atoms with Crippen LogP contribution in [-0.4, -0.2) is 36.6 Å². The van der Waals surface area contributed by atoms with E-state index in [0.717, 1.165) is 19.3 Å². The predicted molar refractivity (Wildman–Crippen MR) is 91.7 cm³/mol. The van der Waals surface area contributed by atoms with Crippen molar-refractivity contribution < 1.29 is 18.7 Å². The van der Waals surface area contributed by atoms with E-state index < -0.39 is 11.7 Å². The maximum absolute atomic E-state index is 13.5. The van der Waals surface area contributed by atoms with Crippen molar-refractivity contribution in [3.8, 4) is 0 Å². The summed E-state index contributed by atoms with van der Waals surface area (Å²) >= 11 is 0. The monoisotopic (exact) mass is 348 g/mol. The van der Waals surface area contributed by atoms with E-state index in [1.54, 1.807) is 6.07 Å². The van der Waals surface area contributed by atoms with Crippen LogP contribution in [0.25, 0.3) is 0 Å². The second-order valence-corrected chi connectivity index (χ2v) is 7.01. The van der Waals surface area contributed by atoms with Crippen LogP contribution in [0.15, 0.2) is 24.3 Å². The molecule has 1 atom stereocenters. The average Bonchev–Trinajstić information content (AvgIpc) is 2.97. The number of hydrogen-bond acceptors (Lipinski definition) is 3. The lowest BCUT2D eigenvalue weighted by molar-refractivity contribution is -0.121. The highest BCUT2D eigenvalue weighted by Gasteiger charge is 2.41. The lowest BCUT2D eigenvalue weighted by Gasteiger charge is -2.32. The molecule has 1 heterocycles. The summed E-state index contributed by atoms with van der Waals surface area (Å²) < 4.78 is 19.5. The molecule has 0 unspecified atom stereocenters. The fraction of sp³-hybridized carbons (Fsp3) is 0.579. The van der Waals surface area contributed by atoms with E-state index >= 15 is 0 Å². The summed E-state index contributed by atoms with van der Waals surface area (Å²) in [6, 6.07) is 5.84. The third kappa shape index (κ3) is 4.57. The van der Waals surface area contributed by atoms with Crippen molar-refractivity contribution >= 4 is 11.8 Å². The maximum Gasteiger partial charge on any atom is 0.254 e. The number of benzene rings is 1. The van der Waals surface area contributed by atoms with Crippen LogP contribution < -0.4 is 10.6 Å². The Morgan fingerprint density at radius 3 is 2.72 bits per heavy atom. The van der Waals surface area contributed by atoms with Crippen LogP contribution in [0, 0.1) is 5.82 Å². The van der Waals surface area contributed by atoms with Crippen LogP contribution >= 0.6 is 0 Å². The number of hydrogen-bond donors (Lipinski definition) is 2. The van der Waals surface area contributed by atoms with Crippen molar-refractivity contribution in [1.29, 1.82) is 0 Å². The first kappa shape index (κ1) is 17.9. The van der Waals surface area contributed by atoms with Crippen molar-refractivity contribution in [3.63, 3.8) is 0 Å². The highest BCUT2D eigenvalue weighted by molar-refractivity contribution is 5.94. The fourth-order valence-corrected chi connectivity index (χ4v) is 3.81. The Hall–Kier alpha value is -1.95. The molecule has 0 radical (unpaired) electrons. The number of carbonyl (C=O) groups is 2. The molecule has 1 aliphatic heterocycles. The minimum Gasteiger partial charge on any atom is -0.373 e. The number of halogens is 1. The summed E-state index contributed by atoms with van der Waals surface area (Å²) in [5.74, 6) is -1.18. The van der Waals surface area contributed by atoms with Crippen LogP contribution in [0.3, 0.4) is 0 Å². The zero-order chi connectivity index (χ0) is 17.7. The molecular formula is C19H25FN2O3. The van der Waals surface area contributed by atoms with Crippen molar-refractivity contribution in [3.05, 3.63) is 35.6 Å². The molecule has 3 rings (SSSR count). The predicted octanol–water partition coefficient (Wildman–Crippen LogP) is 2.55. The number of nitrogens with one attached hydrogen (secondary N) is 2. The molecule has 1 saturated heterocycles. The average molecular weight is 348 g/mol. The molecule has 25 heavy (non-hydrogen) atoms. The number of ether oxygens (including phenoxy) is 1. The van der Waals surface area contributed by atoms with E-state index in [1.807, 2.05) is 0 Å². The Bertz CT molecular complexity index is 629. The van der Waals surface area contributed by atoms with Gasteiger partial charge in [-0.2, -0.15) is 0 Å². The minimum atomic E-state index is -0.565. The summed E-state index contributed by atoms with van der Waals surface area (Å²) in [5, 5.41) is 5.57. The van der Waals surface area contributed by atoms with Crippen LogP contribution in [0.2, 0.25) is 0 Å². The van der Waals surface area contributed by atoms with E-state index in [4.69, 9.17) is 4.74 Å². The smallest absolute Gasteiger partial charge is 0.254 e. The minimum absolute atomic E-state index is 0.00802. The molecule has 0 aromatic heterocycles. The van der Waals surface area contributed by atoms with Crippen LogP contribution in [0.4, 0.5) is 4.39 Å². The van der Waals surface area contributed by atoms with Gasteiger partial charge < -0.3 is 15.4 Å². The Morgan fingerprint density at radius 1 is 1.20 bits per heavy atom. The van der Waals surface area contributed by atoms with Gasteiger partial charge in [0.1, 0.15) is 5.82 Å². The van der Waals surface area contributed by atoms with Gasteiger partial charge in [-0.25, -0.2) is 4.39 Å². The lowest BCUT2D eigenvalue weighted by Crippen LogP contribution is -2.39. The van der Waals surface area contributed by atoms with Gasteiger partial charge in [-0.1, -0.05) is 31.4 Å². The van der Waals surface area contributed by atoms with E-state index in [2.05, 4.69) is 10.6 Å². The zero-order valence-electron chi connectivity index (χ0n) is 14.4. The molecule has 1 spiro atoms. The second kappa shape index (κ2) is 7.95. The standard InChI is InChI=1S/C19H25FN2O3/c20-16-7-3-2-6-15(16)18(24)21-11-8-17(23)22-14-12-19(25-13-14)9-4-1-5-10-19/h2-3,6-7,14H,1,4-5,8-13H2,(H,21,24)(H,22,23)/t14-/m1/s1. The van der Waals surface area contributed by atoms with E-state index in [-0.39, 0.29) is 36.1 Å². The summed E-state index contributed by atoms with van der Waals surface area (Å²) in [6.45, 7) is 0.741. The molecule has 1 aromatic carbocycles. The first-order chi connectivity index (χ1) is 12.1. The van der Waals surface area contributed by atoms with Crippen molar-refractivity contribution in [1.82, 2.24) is 10.6 Å². The molecular weight excluding hydrogens is 323 g/mol. The Balaban J connectivity index is 1.39. The molecule has 5 nitrogen and oxygen atoms in total. The molecule has 1 aliphatic carbocycles. The molecule has 1 saturated carbocycles. The zero-order valence-corrected chi connectivity index (χ0v) is 14.4. The SMILES string of the molecule is O=C(CCNC(=O)c1ccccc1F)N[C@H]1COC2(CCCCC2)C1. The van der Waals surface area contributed by atoms with Crippen molar-refractivity contribution in [2.75, 3.05) is 13.2 Å². The number of rotatable bonds is 5. The van der Waals surface area contributed by atoms with Gasteiger partial charge in [-0.15, -0.1) is 0 Å². The van der Waals surface area contributed by atoms with Crippen LogP contribution in [-0.2, 0) is 9.53 Å². The molecule has 136 valence electrons. The van der Waals surface area contributed by atoms with Gasteiger partial charge in [-0.3, -0.25) is 9.59 Å². The third-order valence-corrected chi connectivity index (χ3v) is 5.10. The quantitative estimate of drug-likeness (QED) is 0.859. The molecule has 2 N–H and O–H groups in total. The summed E-state index contributed by atoms with van der Waals surface area (Å²) in [7, 11) is 0. The third-order valence-electron chi connectivity index (χ3n) is 5.10. The second-order valence-electron chi connectivity index (χ2n) is 7.01. The Labute approximate surface area is 147 Å². The first-order valence-electron chi connectivity index (χ1n) is 9.04. The van der Waals surface area contributed by atoms with Gasteiger partial charge >= 0.3 is 0 Å². The highest BCUT2D eigenvalue weighted by atomic mass is 19.1. The number of amides is 2. The molecule has 1 aromatic rings. The highest BCUT2D eigenvalue weighted by Crippen LogP contribution is 2.39. The molecule has 2 aliphatic rings. The normalized spacial score (nSPS) is 21.9. The summed E-state index contributed by atoms with van der Waals surface area (Å²) in [4.78, 5) is 24.0. The van der Waals surface area contributed by atoms with Crippen LogP contribution in [0.5, 0.6) is 0 Å². The van der Waals surface area contributed by atoms with Gasteiger partial charge in [0.25, 0.3) is 5.91 Å². The largest absolute Gasteiger partial charge is 0.373 e. The van der Waals surface area contributed by atoms with Crippen LogP contribution in [0.1, 0.15) is 55.3 Å². The van der Waals surface area contributed by atoms with E-state index in [0.29, 0.717) is 6.61 Å². The van der Waals surface area contributed by atoms with Gasteiger partial charge in [0, 0.05) is 13.0 Å². The van der Waals surface area contributed by atoms with E-state index in [9.17, 15) is 14.0 Å². The van der Waals surface area contributed by atoms with Gasteiger partial charge in [-0.05, 0) is 31.4 Å². The fourth-order valence-electron chi connectivity index (χ4n) is 3.81. The van der Waals surface area contributed by atoms with E-state index in [1.165, 1.54) is 37.5 Å². The van der Waals surface area contributed by atoms with Crippen molar-refractivity contribution in [2.45, 2.75) is 56.6 Å². The summed E-state index contributed by atoms with van der Waals surface area (Å²) in [5.41, 5.74) is -0.0405. The molecule has 0 bridgehead atoms. The van der Waals surface area contributed by atoms with Gasteiger partial charge in [0.15, 0.2) is 0 Å². The van der Waals surface area contributed by atoms with Gasteiger partial charge in [0.05, 0.1) is 23.8 Å². The number of carbonyl (C=O) groups excluding carboxylic acids is 2. The molecule has 2 fully saturated rings. The Morgan fingerprint density at radius 2 is 1.96 bits per heavy atom. The first-order valence-corrected chi connectivity index (χ1v) is 9.04. The topological polar surface area (TPSA) is 67.4 Å². The van der Waals surface area contributed by atoms with Crippen molar-refractivity contribution in [2.24, 2.45) is 0 Å². The maximum atomic E-state index is 13.5. The molecule has 6 heteroatoms. The molecule has 2 amide bonds. The van der Waals surface area contributed by atoms with Gasteiger partial charge in [0.2, 0.25) is 5.91 Å². The lowest BCUT2D eigenvalue weighted by atomic mass is 9.82. The summed E-state index contributed by atoms with van der Waals surface area (Å²) in [6.07, 6.45) is 6.87. The Kier molecular flexibility index (Phi) is 5.68.